The Morgan fingerprint density at radius 2 is 2.09 bits per heavy atom. The monoisotopic (exact) mass is 315 g/mol. The summed E-state index contributed by atoms with van der Waals surface area (Å²) in [5.41, 5.74) is 5.62. The Kier molecular flexibility index (Phi) is 3.88. The highest BCUT2D eigenvalue weighted by Crippen LogP contribution is 2.25. The number of amides is 1. The second kappa shape index (κ2) is 5.98. The molecule has 3 aromatic rings. The van der Waals surface area contributed by atoms with Crippen LogP contribution in [0.25, 0.3) is 10.7 Å². The Bertz CT molecular complexity index is 766. The van der Waals surface area contributed by atoms with Crippen molar-refractivity contribution in [3.05, 3.63) is 53.2 Å². The maximum atomic E-state index is 11.0. The number of nitrogens with two attached hydrogens (primary N) is 1. The summed E-state index contributed by atoms with van der Waals surface area (Å²) in [7, 11) is 0. The molecule has 2 heterocycles. The van der Waals surface area contributed by atoms with Gasteiger partial charge in [-0.2, -0.15) is 4.98 Å². The lowest BCUT2D eigenvalue weighted by Crippen LogP contribution is -2.10. The van der Waals surface area contributed by atoms with Gasteiger partial charge >= 0.3 is 0 Å². The first kappa shape index (κ1) is 14.3. The van der Waals surface area contributed by atoms with E-state index in [4.69, 9.17) is 15.0 Å². The lowest BCUT2D eigenvalue weighted by atomic mass is 10.2. The van der Waals surface area contributed by atoms with Gasteiger partial charge in [-0.1, -0.05) is 11.2 Å². The third-order valence-electron chi connectivity index (χ3n) is 2.98. The molecule has 3 rings (SSSR count). The lowest BCUT2D eigenvalue weighted by Gasteiger charge is -2.10. The van der Waals surface area contributed by atoms with E-state index in [0.717, 1.165) is 4.88 Å². The zero-order valence-corrected chi connectivity index (χ0v) is 12.5. The highest BCUT2D eigenvalue weighted by molar-refractivity contribution is 7.13. The molecule has 112 valence electrons. The summed E-state index contributed by atoms with van der Waals surface area (Å²) in [6.45, 7) is 1.81. The Morgan fingerprint density at radius 1 is 1.32 bits per heavy atom. The van der Waals surface area contributed by atoms with Crippen molar-refractivity contribution in [2.75, 3.05) is 0 Å². The van der Waals surface area contributed by atoms with Crippen molar-refractivity contribution in [3.63, 3.8) is 0 Å². The molecule has 2 aromatic heterocycles. The minimum absolute atomic E-state index is 0.391. The Labute approximate surface area is 130 Å². The number of hydrogen-bond acceptors (Lipinski definition) is 6. The van der Waals surface area contributed by atoms with Crippen molar-refractivity contribution in [3.8, 4) is 16.5 Å². The highest BCUT2D eigenvalue weighted by Gasteiger charge is 2.17. The molecule has 0 saturated carbocycles. The largest absolute Gasteiger partial charge is 0.481 e. The normalized spacial score (nSPS) is 12.0. The maximum absolute atomic E-state index is 11.0. The molecule has 1 aromatic carbocycles. The van der Waals surface area contributed by atoms with Gasteiger partial charge in [-0.05, 0) is 42.6 Å². The van der Waals surface area contributed by atoms with Crippen LogP contribution in [0.2, 0.25) is 0 Å². The first-order valence-corrected chi connectivity index (χ1v) is 7.45. The molecule has 1 atom stereocenters. The number of benzene rings is 1. The first-order chi connectivity index (χ1) is 10.6. The average Bonchev–Trinajstić information content (AvgIpc) is 3.19. The molecule has 0 saturated heterocycles. The van der Waals surface area contributed by atoms with Crippen LogP contribution in [-0.2, 0) is 0 Å². The van der Waals surface area contributed by atoms with E-state index in [1.807, 2.05) is 24.4 Å². The molecule has 0 bridgehead atoms. The number of rotatable bonds is 5. The third kappa shape index (κ3) is 2.99. The summed E-state index contributed by atoms with van der Waals surface area (Å²) in [6.07, 6.45) is -0.402. The maximum Gasteiger partial charge on any atom is 0.267 e. The van der Waals surface area contributed by atoms with E-state index >= 15 is 0 Å². The van der Waals surface area contributed by atoms with Gasteiger partial charge in [-0.15, -0.1) is 11.3 Å². The average molecular weight is 315 g/mol. The fourth-order valence-corrected chi connectivity index (χ4v) is 2.51. The van der Waals surface area contributed by atoms with Crippen LogP contribution in [-0.4, -0.2) is 16.0 Å². The summed E-state index contributed by atoms with van der Waals surface area (Å²) in [4.78, 5) is 16.3. The zero-order valence-electron chi connectivity index (χ0n) is 11.7. The van der Waals surface area contributed by atoms with Crippen molar-refractivity contribution in [2.45, 2.75) is 13.0 Å². The fourth-order valence-electron chi connectivity index (χ4n) is 1.86. The van der Waals surface area contributed by atoms with Crippen LogP contribution < -0.4 is 10.5 Å². The number of primary amides is 1. The molecular formula is C15H13N3O3S. The molecule has 0 aliphatic heterocycles. The second-order valence-electron chi connectivity index (χ2n) is 4.58. The summed E-state index contributed by atoms with van der Waals surface area (Å²) in [5, 5.41) is 5.89. The van der Waals surface area contributed by atoms with Crippen molar-refractivity contribution in [2.24, 2.45) is 5.73 Å². The lowest BCUT2D eigenvalue weighted by molar-refractivity contribution is 0.1000. The number of thiophene rings is 1. The van der Waals surface area contributed by atoms with Gasteiger partial charge in [-0.3, -0.25) is 4.79 Å². The number of nitrogens with zero attached hydrogens (tertiary/aromatic N) is 2. The summed E-state index contributed by atoms with van der Waals surface area (Å²) in [5.74, 6) is 1.05. The molecule has 0 fully saturated rings. The van der Waals surface area contributed by atoms with Gasteiger partial charge in [-0.25, -0.2) is 0 Å². The quantitative estimate of drug-likeness (QED) is 0.781. The smallest absolute Gasteiger partial charge is 0.267 e. The molecule has 0 radical (unpaired) electrons. The van der Waals surface area contributed by atoms with E-state index in [0.29, 0.717) is 23.0 Å². The van der Waals surface area contributed by atoms with Gasteiger partial charge in [0.1, 0.15) is 5.75 Å². The van der Waals surface area contributed by atoms with E-state index < -0.39 is 12.0 Å². The molecule has 7 heteroatoms. The summed E-state index contributed by atoms with van der Waals surface area (Å²) >= 11 is 1.54. The minimum atomic E-state index is -0.475. The van der Waals surface area contributed by atoms with Crippen molar-refractivity contribution < 1.29 is 14.1 Å². The van der Waals surface area contributed by atoms with Crippen molar-refractivity contribution in [1.29, 1.82) is 0 Å². The molecule has 1 amide bonds. The topological polar surface area (TPSA) is 91.2 Å². The summed E-state index contributed by atoms with van der Waals surface area (Å²) < 4.78 is 11.0. The van der Waals surface area contributed by atoms with Crippen LogP contribution in [0.3, 0.4) is 0 Å². The Hall–Kier alpha value is -2.67. The molecule has 0 spiro atoms. The number of ether oxygens (including phenoxy) is 1. The zero-order chi connectivity index (χ0) is 15.5. The SMILES string of the molecule is C[C@H](Oc1ccc(C(N)=O)cc1)c1nc(-c2cccs2)no1. The van der Waals surface area contributed by atoms with Crippen LogP contribution >= 0.6 is 11.3 Å². The van der Waals surface area contributed by atoms with E-state index in [1.54, 1.807) is 24.3 Å². The van der Waals surface area contributed by atoms with Gasteiger partial charge in [0.05, 0.1) is 4.88 Å². The van der Waals surface area contributed by atoms with E-state index in [2.05, 4.69) is 10.1 Å². The predicted octanol–water partition coefficient (Wildman–Crippen LogP) is 3.04. The van der Waals surface area contributed by atoms with Gasteiger partial charge in [0.15, 0.2) is 6.10 Å². The molecular weight excluding hydrogens is 302 g/mol. The number of carbonyl (C=O) groups excluding carboxylic acids is 1. The first-order valence-electron chi connectivity index (χ1n) is 6.57. The summed E-state index contributed by atoms with van der Waals surface area (Å²) in [6, 6.07) is 10.4. The van der Waals surface area contributed by atoms with E-state index in [-0.39, 0.29) is 0 Å². The Balaban J connectivity index is 1.71. The van der Waals surface area contributed by atoms with Crippen LogP contribution in [0.15, 0.2) is 46.3 Å². The molecule has 0 aliphatic rings. The fraction of sp³-hybridized carbons (Fsp3) is 0.133. The van der Waals surface area contributed by atoms with E-state index in [9.17, 15) is 4.79 Å². The van der Waals surface area contributed by atoms with Crippen molar-refractivity contribution >= 4 is 17.2 Å². The molecule has 2 N–H and O–H groups in total. The predicted molar refractivity (Wildman–Crippen MR) is 81.6 cm³/mol. The van der Waals surface area contributed by atoms with Crippen molar-refractivity contribution in [1.82, 2.24) is 10.1 Å². The molecule has 0 unspecified atom stereocenters. The van der Waals surface area contributed by atoms with Crippen LogP contribution in [0, 0.1) is 0 Å². The standard InChI is InChI=1S/C15H13N3O3S/c1-9(20-11-6-4-10(5-7-11)13(16)19)15-17-14(18-21-15)12-3-2-8-22-12/h2-9H,1H3,(H2,16,19)/t9-/m0/s1. The van der Waals surface area contributed by atoms with Gasteiger partial charge in [0.25, 0.3) is 5.89 Å². The van der Waals surface area contributed by atoms with Crippen LogP contribution in [0.4, 0.5) is 0 Å². The minimum Gasteiger partial charge on any atom is -0.481 e. The number of aromatic nitrogens is 2. The molecule has 6 nitrogen and oxygen atoms in total. The molecule has 22 heavy (non-hydrogen) atoms. The van der Waals surface area contributed by atoms with Crippen LogP contribution in [0.1, 0.15) is 29.3 Å². The van der Waals surface area contributed by atoms with E-state index in [1.165, 1.54) is 11.3 Å². The van der Waals surface area contributed by atoms with Crippen LogP contribution in [0.5, 0.6) is 5.75 Å². The Morgan fingerprint density at radius 3 is 2.73 bits per heavy atom. The number of carbonyl (C=O) groups is 1. The third-order valence-corrected chi connectivity index (χ3v) is 3.85. The second-order valence-corrected chi connectivity index (χ2v) is 5.53. The van der Waals surface area contributed by atoms with Gasteiger partial charge in [0.2, 0.25) is 11.7 Å². The highest BCUT2D eigenvalue weighted by atomic mass is 32.1. The number of hydrogen-bond donors (Lipinski definition) is 1. The van der Waals surface area contributed by atoms with Gasteiger partial charge < -0.3 is 15.0 Å². The van der Waals surface area contributed by atoms with Gasteiger partial charge in [0, 0.05) is 5.56 Å². The molecule has 0 aliphatic carbocycles.